The Morgan fingerprint density at radius 3 is 2.35 bits per heavy atom. The highest BCUT2D eigenvalue weighted by Crippen LogP contribution is 2.23. The molecule has 1 heteroatoms. The zero-order valence-electron chi connectivity index (χ0n) is 15.7. The van der Waals surface area contributed by atoms with Crippen molar-refractivity contribution in [1.29, 1.82) is 0 Å². The van der Waals surface area contributed by atoms with Crippen molar-refractivity contribution in [1.82, 2.24) is 0 Å². The Kier molecular flexibility index (Phi) is 7.95. The van der Waals surface area contributed by atoms with Crippen LogP contribution in [0.4, 0.5) is 5.69 Å². The van der Waals surface area contributed by atoms with E-state index in [0.717, 1.165) is 17.7 Å². The van der Waals surface area contributed by atoms with E-state index in [0.29, 0.717) is 0 Å². The predicted octanol–water partition coefficient (Wildman–Crippen LogP) is 7.25. The van der Waals surface area contributed by atoms with Crippen molar-refractivity contribution in [2.75, 3.05) is 5.32 Å². The van der Waals surface area contributed by atoms with Crippen molar-refractivity contribution < 1.29 is 0 Å². The maximum atomic E-state index is 3.80. The largest absolute Gasteiger partial charge is 0.362 e. The minimum absolute atomic E-state index is 1.04. The molecule has 2 aromatic rings. The Balaban J connectivity index is 0.00000117. The molecule has 1 aliphatic carbocycles. The summed E-state index contributed by atoms with van der Waals surface area (Å²) in [6.45, 7) is 7.80. The molecule has 0 aliphatic heterocycles. The van der Waals surface area contributed by atoms with E-state index in [4.69, 9.17) is 0 Å². The summed E-state index contributed by atoms with van der Waals surface area (Å²) >= 11 is 0. The van der Waals surface area contributed by atoms with Crippen LogP contribution in [-0.4, -0.2) is 0 Å². The zero-order valence-corrected chi connectivity index (χ0v) is 15.7. The van der Waals surface area contributed by atoms with E-state index in [2.05, 4.69) is 72.6 Å². The fraction of sp³-hybridized carbons (Fsp3) is 0.120. The van der Waals surface area contributed by atoms with Crippen molar-refractivity contribution in [2.24, 2.45) is 0 Å². The average molecular weight is 341 g/mol. The molecule has 26 heavy (non-hydrogen) atoms. The van der Waals surface area contributed by atoms with E-state index in [1.165, 1.54) is 16.7 Å². The highest BCUT2D eigenvalue weighted by molar-refractivity contribution is 5.77. The summed E-state index contributed by atoms with van der Waals surface area (Å²) in [5.41, 5.74) is 5.93. The van der Waals surface area contributed by atoms with Gasteiger partial charge in [0.05, 0.1) is 0 Å². The third kappa shape index (κ3) is 5.49. The molecule has 0 spiro atoms. The SMILES string of the molecule is C=C/C=C(\C=C/Nc1ccc(C2=CCC=C2)cc1)c1ccccc1.CC. The van der Waals surface area contributed by atoms with E-state index in [1.54, 1.807) is 0 Å². The monoisotopic (exact) mass is 341 g/mol. The molecule has 0 heterocycles. The van der Waals surface area contributed by atoms with Gasteiger partial charge >= 0.3 is 0 Å². The molecule has 0 radical (unpaired) electrons. The van der Waals surface area contributed by atoms with Gasteiger partial charge in [0.1, 0.15) is 0 Å². The minimum Gasteiger partial charge on any atom is -0.362 e. The molecular weight excluding hydrogens is 314 g/mol. The summed E-state index contributed by atoms with van der Waals surface area (Å²) in [6.07, 6.45) is 15.5. The van der Waals surface area contributed by atoms with Gasteiger partial charge in [0, 0.05) is 11.9 Å². The van der Waals surface area contributed by atoms with Gasteiger partial charge < -0.3 is 5.32 Å². The van der Waals surface area contributed by atoms with Gasteiger partial charge in [-0.2, -0.15) is 0 Å². The molecule has 1 aliphatic rings. The van der Waals surface area contributed by atoms with Gasteiger partial charge in [-0.05, 0) is 46.9 Å². The van der Waals surface area contributed by atoms with Crippen molar-refractivity contribution in [3.8, 4) is 0 Å². The van der Waals surface area contributed by atoms with Crippen LogP contribution in [0.2, 0.25) is 0 Å². The standard InChI is InChI=1S/C23H21N.C2H6/c1-2-8-19(20-9-4-3-5-10-20)17-18-24-23-15-13-22(14-16-23)21-11-6-7-12-21;1-2/h2-6,8-18,24H,1,7H2;1-2H3/b18-17-,19-8+;. The number of rotatable bonds is 6. The molecule has 1 nitrogen and oxygen atoms in total. The maximum absolute atomic E-state index is 3.80. The minimum atomic E-state index is 1.04. The molecule has 0 amide bonds. The number of hydrogen-bond donors (Lipinski definition) is 1. The lowest BCUT2D eigenvalue weighted by Crippen LogP contribution is -1.89. The molecule has 0 unspecified atom stereocenters. The van der Waals surface area contributed by atoms with Crippen LogP contribution in [0.3, 0.4) is 0 Å². The first-order chi connectivity index (χ1) is 12.9. The first kappa shape index (κ1) is 19.3. The number of hydrogen-bond acceptors (Lipinski definition) is 1. The Morgan fingerprint density at radius 2 is 1.73 bits per heavy atom. The lowest BCUT2D eigenvalue weighted by atomic mass is 10.1. The van der Waals surface area contributed by atoms with Crippen molar-refractivity contribution in [3.63, 3.8) is 0 Å². The second-order valence-electron chi connectivity index (χ2n) is 5.58. The zero-order chi connectivity index (χ0) is 18.6. The average Bonchev–Trinajstić information content (AvgIpc) is 3.25. The molecule has 0 saturated carbocycles. The molecule has 3 rings (SSSR count). The van der Waals surface area contributed by atoms with E-state index >= 15 is 0 Å². The van der Waals surface area contributed by atoms with Crippen LogP contribution in [-0.2, 0) is 0 Å². The van der Waals surface area contributed by atoms with Crippen molar-refractivity contribution in [3.05, 3.63) is 115 Å². The van der Waals surface area contributed by atoms with Crippen LogP contribution in [0.25, 0.3) is 11.1 Å². The smallest absolute Gasteiger partial charge is 0.0380 e. The van der Waals surface area contributed by atoms with Crippen LogP contribution in [0.5, 0.6) is 0 Å². The van der Waals surface area contributed by atoms with Gasteiger partial charge in [0.15, 0.2) is 0 Å². The summed E-state index contributed by atoms with van der Waals surface area (Å²) in [5.74, 6) is 0. The molecule has 0 saturated heterocycles. The molecular formula is C25H27N. The number of allylic oxidation sites excluding steroid dienone is 8. The Labute approximate surface area is 157 Å². The Morgan fingerprint density at radius 1 is 1.00 bits per heavy atom. The molecule has 0 bridgehead atoms. The van der Waals surface area contributed by atoms with Crippen LogP contribution in [0, 0.1) is 0 Å². The molecule has 0 atom stereocenters. The summed E-state index contributed by atoms with van der Waals surface area (Å²) in [7, 11) is 0. The number of anilines is 1. The quantitative estimate of drug-likeness (QED) is 0.545. The Hall–Kier alpha value is -3.06. The normalized spacial score (nSPS) is 13.2. The summed E-state index contributed by atoms with van der Waals surface area (Å²) < 4.78 is 0. The van der Waals surface area contributed by atoms with Gasteiger partial charge in [-0.15, -0.1) is 0 Å². The van der Waals surface area contributed by atoms with E-state index in [-0.39, 0.29) is 0 Å². The predicted molar refractivity (Wildman–Crippen MR) is 117 cm³/mol. The van der Waals surface area contributed by atoms with E-state index in [9.17, 15) is 0 Å². The van der Waals surface area contributed by atoms with Gasteiger partial charge in [0.25, 0.3) is 0 Å². The fourth-order valence-electron chi connectivity index (χ4n) is 2.66. The second kappa shape index (κ2) is 10.7. The van der Waals surface area contributed by atoms with Crippen molar-refractivity contribution in [2.45, 2.75) is 20.3 Å². The number of benzene rings is 2. The second-order valence-corrected chi connectivity index (χ2v) is 5.58. The Bertz CT molecular complexity index is 803. The van der Waals surface area contributed by atoms with Crippen LogP contribution >= 0.6 is 0 Å². The number of nitrogens with one attached hydrogen (secondary N) is 1. The van der Waals surface area contributed by atoms with Crippen LogP contribution in [0.1, 0.15) is 31.4 Å². The molecule has 2 aromatic carbocycles. The summed E-state index contributed by atoms with van der Waals surface area (Å²) in [4.78, 5) is 0. The van der Waals surface area contributed by atoms with Gasteiger partial charge in [-0.3, -0.25) is 0 Å². The van der Waals surface area contributed by atoms with Crippen molar-refractivity contribution >= 4 is 16.8 Å². The summed E-state index contributed by atoms with van der Waals surface area (Å²) in [6, 6.07) is 18.8. The highest BCUT2D eigenvalue weighted by atomic mass is 14.8. The molecule has 0 aromatic heterocycles. The van der Waals surface area contributed by atoms with Gasteiger partial charge in [-0.1, -0.05) is 93.3 Å². The third-order valence-corrected chi connectivity index (χ3v) is 3.91. The van der Waals surface area contributed by atoms with Gasteiger partial charge in [-0.25, -0.2) is 0 Å². The molecule has 1 N–H and O–H groups in total. The molecule has 0 fully saturated rings. The van der Waals surface area contributed by atoms with Gasteiger partial charge in [0.2, 0.25) is 0 Å². The fourth-order valence-corrected chi connectivity index (χ4v) is 2.66. The lowest BCUT2D eigenvalue weighted by Gasteiger charge is -2.05. The molecule has 132 valence electrons. The van der Waals surface area contributed by atoms with E-state index < -0.39 is 0 Å². The topological polar surface area (TPSA) is 12.0 Å². The van der Waals surface area contributed by atoms with Crippen LogP contribution < -0.4 is 5.32 Å². The first-order valence-electron chi connectivity index (χ1n) is 9.15. The lowest BCUT2D eigenvalue weighted by molar-refractivity contribution is 1.45. The van der Waals surface area contributed by atoms with E-state index in [1.807, 2.05) is 50.4 Å². The van der Waals surface area contributed by atoms with Crippen LogP contribution in [0.15, 0.2) is 104 Å². The third-order valence-electron chi connectivity index (χ3n) is 3.91. The first-order valence-corrected chi connectivity index (χ1v) is 9.15. The summed E-state index contributed by atoms with van der Waals surface area (Å²) in [5, 5.41) is 3.33. The highest BCUT2D eigenvalue weighted by Gasteiger charge is 2.01. The maximum Gasteiger partial charge on any atom is 0.0380 e.